The normalized spacial score (nSPS) is 13.1. The molecule has 0 aromatic carbocycles. The van der Waals surface area contributed by atoms with Crippen LogP contribution in [0.4, 0.5) is 0 Å². The van der Waals surface area contributed by atoms with Crippen LogP contribution in [0.2, 0.25) is 0 Å². The molecule has 2 nitrogen and oxygen atoms in total. The minimum Gasteiger partial charge on any atom is -0.311 e. The summed E-state index contributed by atoms with van der Waals surface area (Å²) in [4.78, 5) is 10.4. The van der Waals surface area contributed by atoms with E-state index in [-0.39, 0.29) is 11.7 Å². The minimum atomic E-state index is -0.288. The van der Waals surface area contributed by atoms with Crippen molar-refractivity contribution in [3.63, 3.8) is 0 Å². The van der Waals surface area contributed by atoms with Gasteiger partial charge in [0.2, 0.25) is 0 Å². The molecular weight excluding hydrogens is 113 g/mol. The lowest BCUT2D eigenvalue weighted by molar-refractivity contribution is -0.113. The number of carbonyl (C=O) groups excluding carboxylic acids is 1. The maximum absolute atomic E-state index is 10.4. The SMILES string of the molecule is [B]C(=O)C(C)NCCC. The zero-order valence-electron chi connectivity index (χ0n) is 5.98. The molecule has 0 aromatic heterocycles. The Morgan fingerprint density at radius 3 is 2.67 bits per heavy atom. The molecule has 3 heteroatoms. The third-order valence-corrected chi connectivity index (χ3v) is 1.13. The highest BCUT2D eigenvalue weighted by Crippen LogP contribution is 1.80. The fourth-order valence-electron chi connectivity index (χ4n) is 0.461. The molecule has 2 radical (unpaired) electrons. The van der Waals surface area contributed by atoms with E-state index in [0.29, 0.717) is 0 Å². The number of hydrogen-bond donors (Lipinski definition) is 1. The zero-order chi connectivity index (χ0) is 7.28. The van der Waals surface area contributed by atoms with Crippen LogP contribution in [-0.2, 0) is 4.79 Å². The highest BCUT2D eigenvalue weighted by Gasteiger charge is 2.02. The van der Waals surface area contributed by atoms with Crippen LogP contribution in [0, 0.1) is 0 Å². The van der Waals surface area contributed by atoms with Gasteiger partial charge in [0.1, 0.15) is 0 Å². The second-order valence-corrected chi connectivity index (χ2v) is 2.08. The maximum Gasteiger partial charge on any atom is 0.170 e. The molecule has 0 fully saturated rings. The third kappa shape index (κ3) is 4.21. The van der Waals surface area contributed by atoms with Crippen molar-refractivity contribution in [3.8, 4) is 0 Å². The Kier molecular flexibility index (Phi) is 4.41. The van der Waals surface area contributed by atoms with Crippen LogP contribution in [0.15, 0.2) is 0 Å². The first-order chi connectivity index (χ1) is 4.18. The number of carbonyl (C=O) groups is 1. The summed E-state index contributed by atoms with van der Waals surface area (Å²) in [5.41, 5.74) is -0.288. The predicted molar refractivity (Wildman–Crippen MR) is 38.5 cm³/mol. The van der Waals surface area contributed by atoms with Crippen LogP contribution < -0.4 is 5.32 Å². The summed E-state index contributed by atoms with van der Waals surface area (Å²) in [6, 6.07) is -0.190. The molecule has 0 rings (SSSR count). The van der Waals surface area contributed by atoms with E-state index in [4.69, 9.17) is 7.85 Å². The molecule has 0 bridgehead atoms. The lowest BCUT2D eigenvalue weighted by Crippen LogP contribution is -2.34. The lowest BCUT2D eigenvalue weighted by Gasteiger charge is -2.07. The van der Waals surface area contributed by atoms with Gasteiger partial charge in [-0.2, -0.15) is 0 Å². The Morgan fingerprint density at radius 1 is 1.78 bits per heavy atom. The summed E-state index contributed by atoms with van der Waals surface area (Å²) in [5, 5.41) is 2.96. The second-order valence-electron chi connectivity index (χ2n) is 2.08. The highest BCUT2D eigenvalue weighted by molar-refractivity contribution is 6.59. The van der Waals surface area contributed by atoms with Crippen molar-refractivity contribution >= 4 is 13.5 Å². The van der Waals surface area contributed by atoms with Crippen molar-refractivity contribution in [1.82, 2.24) is 5.32 Å². The van der Waals surface area contributed by atoms with E-state index >= 15 is 0 Å². The zero-order valence-corrected chi connectivity index (χ0v) is 5.98. The van der Waals surface area contributed by atoms with Gasteiger partial charge in [0.15, 0.2) is 7.85 Å². The Labute approximate surface area is 57.4 Å². The number of nitrogens with one attached hydrogen (secondary N) is 1. The first-order valence-electron chi connectivity index (χ1n) is 3.21. The summed E-state index contributed by atoms with van der Waals surface area (Å²) in [6.45, 7) is 4.66. The van der Waals surface area contributed by atoms with Crippen molar-refractivity contribution in [2.75, 3.05) is 6.54 Å². The van der Waals surface area contributed by atoms with Gasteiger partial charge in [-0.1, -0.05) is 6.92 Å². The standard InChI is InChI=1S/C6H12BNO/c1-3-4-8-5(2)6(7)9/h5,8H,3-4H2,1-2H3. The van der Waals surface area contributed by atoms with Crippen molar-refractivity contribution in [3.05, 3.63) is 0 Å². The van der Waals surface area contributed by atoms with Crippen molar-refractivity contribution in [2.45, 2.75) is 26.3 Å². The Morgan fingerprint density at radius 2 is 2.33 bits per heavy atom. The van der Waals surface area contributed by atoms with Gasteiger partial charge in [-0.3, -0.25) is 0 Å². The smallest absolute Gasteiger partial charge is 0.170 e. The minimum absolute atomic E-state index is 0.190. The van der Waals surface area contributed by atoms with E-state index in [2.05, 4.69) is 5.32 Å². The Hall–Kier alpha value is -0.305. The average Bonchev–Trinajstić information content (AvgIpc) is 1.82. The van der Waals surface area contributed by atoms with Crippen LogP contribution in [0.5, 0.6) is 0 Å². The first kappa shape index (κ1) is 8.69. The number of rotatable bonds is 4. The fourth-order valence-corrected chi connectivity index (χ4v) is 0.461. The molecule has 0 amide bonds. The molecule has 0 aliphatic heterocycles. The van der Waals surface area contributed by atoms with Gasteiger partial charge in [0.25, 0.3) is 0 Å². The van der Waals surface area contributed by atoms with Gasteiger partial charge < -0.3 is 10.1 Å². The van der Waals surface area contributed by atoms with Crippen molar-refractivity contribution in [2.24, 2.45) is 0 Å². The van der Waals surface area contributed by atoms with Crippen LogP contribution in [-0.4, -0.2) is 26.1 Å². The molecule has 0 spiro atoms. The molecular formula is C6H12BNO. The quantitative estimate of drug-likeness (QED) is 0.538. The van der Waals surface area contributed by atoms with E-state index in [1.165, 1.54) is 0 Å². The number of hydrogen-bond acceptors (Lipinski definition) is 2. The summed E-state index contributed by atoms with van der Waals surface area (Å²) < 4.78 is 0. The van der Waals surface area contributed by atoms with Crippen LogP contribution in [0.1, 0.15) is 20.3 Å². The fraction of sp³-hybridized carbons (Fsp3) is 0.833. The van der Waals surface area contributed by atoms with Gasteiger partial charge in [-0.05, 0) is 19.9 Å². The first-order valence-corrected chi connectivity index (χ1v) is 3.21. The van der Waals surface area contributed by atoms with Crippen molar-refractivity contribution in [1.29, 1.82) is 0 Å². The van der Waals surface area contributed by atoms with Gasteiger partial charge in [0, 0.05) is 0 Å². The van der Waals surface area contributed by atoms with Gasteiger partial charge in [0.05, 0.1) is 11.7 Å². The predicted octanol–water partition coefficient (Wildman–Crippen LogP) is 0.0696. The molecule has 0 aromatic rings. The second kappa shape index (κ2) is 4.56. The van der Waals surface area contributed by atoms with E-state index < -0.39 is 0 Å². The van der Waals surface area contributed by atoms with Crippen molar-refractivity contribution < 1.29 is 4.79 Å². The topological polar surface area (TPSA) is 29.1 Å². The average molecular weight is 125 g/mol. The summed E-state index contributed by atoms with van der Waals surface area (Å²) in [7, 11) is 4.98. The van der Waals surface area contributed by atoms with E-state index in [9.17, 15) is 4.79 Å². The Balaban J connectivity index is 3.27. The van der Waals surface area contributed by atoms with Crippen LogP contribution in [0.25, 0.3) is 0 Å². The molecule has 0 saturated heterocycles. The molecule has 0 aliphatic rings. The van der Waals surface area contributed by atoms with Gasteiger partial charge >= 0.3 is 0 Å². The monoisotopic (exact) mass is 125 g/mol. The third-order valence-electron chi connectivity index (χ3n) is 1.13. The summed E-state index contributed by atoms with van der Waals surface area (Å²) >= 11 is 0. The molecule has 9 heavy (non-hydrogen) atoms. The molecule has 1 N–H and O–H groups in total. The summed E-state index contributed by atoms with van der Waals surface area (Å²) in [5.74, 6) is 0. The van der Waals surface area contributed by atoms with Crippen LogP contribution in [0.3, 0.4) is 0 Å². The molecule has 0 aliphatic carbocycles. The molecule has 1 unspecified atom stereocenters. The van der Waals surface area contributed by atoms with E-state index in [0.717, 1.165) is 13.0 Å². The largest absolute Gasteiger partial charge is 0.311 e. The van der Waals surface area contributed by atoms with Crippen LogP contribution >= 0.6 is 0 Å². The van der Waals surface area contributed by atoms with Gasteiger partial charge in [-0.15, -0.1) is 0 Å². The highest BCUT2D eigenvalue weighted by atomic mass is 16.1. The Bertz CT molecular complexity index is 95.1. The maximum atomic E-state index is 10.4. The van der Waals surface area contributed by atoms with E-state index in [1.54, 1.807) is 6.92 Å². The molecule has 1 atom stereocenters. The summed E-state index contributed by atoms with van der Waals surface area (Å²) in [6.07, 6.45) is 1.03. The molecule has 0 saturated carbocycles. The molecule has 0 heterocycles. The van der Waals surface area contributed by atoms with Gasteiger partial charge in [-0.25, -0.2) is 0 Å². The lowest BCUT2D eigenvalue weighted by atomic mass is 9.96. The molecule has 50 valence electrons. The van der Waals surface area contributed by atoms with E-state index in [1.807, 2.05) is 6.92 Å².